The second-order valence-corrected chi connectivity index (χ2v) is 9.95. The molecule has 2 aromatic rings. The Morgan fingerprint density at radius 1 is 1.00 bits per heavy atom. The Kier molecular flexibility index (Phi) is 4.68. The number of amides is 1. The first kappa shape index (κ1) is 19.3. The number of allylic oxidation sites excluding steroid dienone is 1. The molecular formula is C26H31N3O. The second kappa shape index (κ2) is 7.26. The van der Waals surface area contributed by atoms with Gasteiger partial charge in [0.2, 0.25) is 5.91 Å². The molecule has 2 fully saturated rings. The van der Waals surface area contributed by atoms with Gasteiger partial charge in [0.15, 0.2) is 0 Å². The average Bonchev–Trinajstić information content (AvgIpc) is 3.50. The van der Waals surface area contributed by atoms with Gasteiger partial charge in [-0.15, -0.1) is 0 Å². The third-order valence-electron chi connectivity index (χ3n) is 6.71. The monoisotopic (exact) mass is 401 g/mol. The molecule has 30 heavy (non-hydrogen) atoms. The Morgan fingerprint density at radius 3 is 2.33 bits per heavy atom. The highest BCUT2D eigenvalue weighted by atomic mass is 16.2. The Bertz CT molecular complexity index is 988. The van der Waals surface area contributed by atoms with Crippen LogP contribution >= 0.6 is 0 Å². The van der Waals surface area contributed by atoms with Crippen molar-refractivity contribution >= 4 is 23.2 Å². The van der Waals surface area contributed by atoms with Crippen LogP contribution in [0.25, 0.3) is 11.6 Å². The Labute approximate surface area is 179 Å². The molecule has 2 heterocycles. The van der Waals surface area contributed by atoms with Crippen LogP contribution in [0.3, 0.4) is 0 Å². The molecule has 0 spiro atoms. The summed E-state index contributed by atoms with van der Waals surface area (Å²) in [5, 5.41) is 0. The molecule has 0 radical (unpaired) electrons. The summed E-state index contributed by atoms with van der Waals surface area (Å²) in [7, 11) is 0. The maximum Gasteiger partial charge on any atom is 0.225 e. The minimum atomic E-state index is 0.170. The maximum atomic E-state index is 12.4. The molecule has 5 rings (SSSR count). The summed E-state index contributed by atoms with van der Waals surface area (Å²) < 4.78 is 0. The maximum absolute atomic E-state index is 12.4. The summed E-state index contributed by atoms with van der Waals surface area (Å²) in [6, 6.07) is 11.1. The number of carbonyl (C=O) groups is 1. The highest BCUT2D eigenvalue weighted by Gasteiger charge is 2.35. The number of benzene rings is 1. The lowest BCUT2D eigenvalue weighted by molar-refractivity contribution is -0.132. The number of aromatic nitrogens is 1. The fraction of sp³-hybridized carbons (Fsp3) is 0.462. The van der Waals surface area contributed by atoms with Crippen LogP contribution in [0.5, 0.6) is 0 Å². The molecule has 1 aromatic carbocycles. The standard InChI is InChI=1S/C26H31N3O/c1-26(2,3)21-8-6-18(7-9-21)20-16-22-23(17-20)27-11-10-24(22)28-12-14-29(15-13-28)25(30)19-4-5-19/h6-11,16,19H,4-5,12-15,17H2,1-3H3. The van der Waals surface area contributed by atoms with Gasteiger partial charge in [-0.05, 0) is 47.1 Å². The quantitative estimate of drug-likeness (QED) is 0.758. The van der Waals surface area contributed by atoms with Gasteiger partial charge >= 0.3 is 0 Å². The molecule has 2 aliphatic carbocycles. The van der Waals surface area contributed by atoms with Gasteiger partial charge < -0.3 is 9.80 Å². The highest BCUT2D eigenvalue weighted by molar-refractivity contribution is 5.92. The molecule has 1 saturated heterocycles. The number of carbonyl (C=O) groups excluding carboxylic acids is 1. The van der Waals surface area contributed by atoms with Crippen LogP contribution in [0.1, 0.15) is 56.0 Å². The van der Waals surface area contributed by atoms with Gasteiger partial charge in [0.05, 0.1) is 5.69 Å². The van der Waals surface area contributed by atoms with Crippen molar-refractivity contribution in [3.05, 3.63) is 58.9 Å². The van der Waals surface area contributed by atoms with Crippen LogP contribution in [-0.2, 0) is 16.6 Å². The van der Waals surface area contributed by atoms with E-state index in [1.54, 1.807) is 0 Å². The Hall–Kier alpha value is -2.62. The van der Waals surface area contributed by atoms with Gasteiger partial charge in [-0.25, -0.2) is 0 Å². The molecular weight excluding hydrogens is 370 g/mol. The zero-order valence-electron chi connectivity index (χ0n) is 18.3. The van der Waals surface area contributed by atoms with E-state index in [1.807, 2.05) is 6.20 Å². The van der Waals surface area contributed by atoms with Crippen molar-refractivity contribution in [1.29, 1.82) is 0 Å². The van der Waals surface area contributed by atoms with Gasteiger partial charge in [-0.1, -0.05) is 45.0 Å². The molecule has 4 heteroatoms. The minimum absolute atomic E-state index is 0.170. The largest absolute Gasteiger partial charge is 0.367 e. The molecule has 0 bridgehead atoms. The topological polar surface area (TPSA) is 36.4 Å². The van der Waals surface area contributed by atoms with E-state index in [1.165, 1.54) is 33.6 Å². The number of nitrogens with zero attached hydrogens (tertiary/aromatic N) is 3. The average molecular weight is 402 g/mol. The molecule has 1 amide bonds. The van der Waals surface area contributed by atoms with E-state index >= 15 is 0 Å². The molecule has 4 nitrogen and oxygen atoms in total. The van der Waals surface area contributed by atoms with Crippen molar-refractivity contribution in [2.24, 2.45) is 5.92 Å². The summed E-state index contributed by atoms with van der Waals surface area (Å²) in [5.41, 5.74) is 7.84. The zero-order chi connectivity index (χ0) is 20.9. The van der Waals surface area contributed by atoms with Gasteiger partial charge in [0.1, 0.15) is 0 Å². The third kappa shape index (κ3) is 3.64. The Balaban J connectivity index is 1.34. The van der Waals surface area contributed by atoms with E-state index in [9.17, 15) is 4.79 Å². The van der Waals surface area contributed by atoms with Crippen molar-refractivity contribution < 1.29 is 4.79 Å². The lowest BCUT2D eigenvalue weighted by atomic mass is 9.86. The fourth-order valence-corrected chi connectivity index (χ4v) is 4.61. The van der Waals surface area contributed by atoms with Crippen LogP contribution < -0.4 is 4.90 Å². The highest BCUT2D eigenvalue weighted by Crippen LogP contribution is 2.37. The molecule has 0 atom stereocenters. The summed E-state index contributed by atoms with van der Waals surface area (Å²) in [6.07, 6.45) is 7.32. The molecule has 3 aliphatic rings. The van der Waals surface area contributed by atoms with Crippen LogP contribution in [0, 0.1) is 5.92 Å². The van der Waals surface area contributed by atoms with Crippen LogP contribution in [-0.4, -0.2) is 42.0 Å². The number of piperazine rings is 1. The predicted molar refractivity (Wildman–Crippen MR) is 122 cm³/mol. The van der Waals surface area contributed by atoms with Crippen molar-refractivity contribution in [2.45, 2.75) is 45.4 Å². The molecule has 1 saturated carbocycles. The summed E-state index contributed by atoms with van der Waals surface area (Å²) in [6.45, 7) is 10.2. The van der Waals surface area contributed by atoms with Gasteiger partial charge in [0.25, 0.3) is 0 Å². The van der Waals surface area contributed by atoms with E-state index in [4.69, 9.17) is 0 Å². The predicted octanol–water partition coefficient (Wildman–Crippen LogP) is 4.53. The van der Waals surface area contributed by atoms with Crippen molar-refractivity contribution in [3.8, 4) is 0 Å². The molecule has 156 valence electrons. The summed E-state index contributed by atoms with van der Waals surface area (Å²) in [4.78, 5) is 21.5. The van der Waals surface area contributed by atoms with E-state index in [-0.39, 0.29) is 5.41 Å². The number of pyridine rings is 1. The van der Waals surface area contributed by atoms with Crippen LogP contribution in [0.2, 0.25) is 0 Å². The third-order valence-corrected chi connectivity index (χ3v) is 6.71. The van der Waals surface area contributed by atoms with Gasteiger partial charge in [-0.2, -0.15) is 0 Å². The lowest BCUT2D eigenvalue weighted by Crippen LogP contribution is -2.49. The van der Waals surface area contributed by atoms with Gasteiger partial charge in [0, 0.05) is 56.0 Å². The molecule has 1 aliphatic heterocycles. The van der Waals surface area contributed by atoms with Crippen LogP contribution in [0.4, 0.5) is 5.69 Å². The van der Waals surface area contributed by atoms with Crippen molar-refractivity contribution in [1.82, 2.24) is 9.88 Å². The van der Waals surface area contributed by atoms with E-state index in [0.29, 0.717) is 11.8 Å². The number of rotatable bonds is 3. The molecule has 1 aromatic heterocycles. The number of hydrogen-bond acceptors (Lipinski definition) is 3. The van der Waals surface area contributed by atoms with E-state index in [0.717, 1.165) is 45.4 Å². The number of hydrogen-bond donors (Lipinski definition) is 0. The normalized spacial score (nSPS) is 19.0. The summed E-state index contributed by atoms with van der Waals surface area (Å²) in [5.74, 6) is 0.687. The Morgan fingerprint density at radius 2 is 1.70 bits per heavy atom. The van der Waals surface area contributed by atoms with Gasteiger partial charge in [-0.3, -0.25) is 9.78 Å². The fourth-order valence-electron chi connectivity index (χ4n) is 4.61. The van der Waals surface area contributed by atoms with Crippen molar-refractivity contribution in [2.75, 3.05) is 31.1 Å². The van der Waals surface area contributed by atoms with Crippen LogP contribution in [0.15, 0.2) is 36.5 Å². The van der Waals surface area contributed by atoms with E-state index < -0.39 is 0 Å². The molecule has 0 N–H and O–H groups in total. The minimum Gasteiger partial charge on any atom is -0.367 e. The summed E-state index contributed by atoms with van der Waals surface area (Å²) >= 11 is 0. The van der Waals surface area contributed by atoms with E-state index in [2.05, 4.69) is 72.0 Å². The first-order valence-corrected chi connectivity index (χ1v) is 11.2. The first-order valence-electron chi connectivity index (χ1n) is 11.2. The SMILES string of the molecule is CC(C)(C)c1ccc(C2=Cc3c(N4CCN(C(=O)C5CC5)CC4)ccnc3C2)cc1. The zero-order valence-corrected chi connectivity index (χ0v) is 18.3. The smallest absolute Gasteiger partial charge is 0.225 e. The van der Waals surface area contributed by atoms with Crippen molar-refractivity contribution in [3.63, 3.8) is 0 Å². The lowest BCUT2D eigenvalue weighted by Gasteiger charge is -2.37. The second-order valence-electron chi connectivity index (χ2n) is 9.95. The number of anilines is 1. The number of fused-ring (bicyclic) bond motifs is 1. The molecule has 0 unspecified atom stereocenters. The first-order chi connectivity index (χ1) is 14.4.